The first-order valence-corrected chi connectivity index (χ1v) is 8.04. The van der Waals surface area contributed by atoms with Crippen molar-refractivity contribution < 1.29 is 32.6 Å². The molecule has 142 valence electrons. The summed E-state index contributed by atoms with van der Waals surface area (Å²) in [7, 11) is 0. The molecule has 2 aromatic rings. The maximum absolute atomic E-state index is 13.4. The van der Waals surface area contributed by atoms with Gasteiger partial charge in [0, 0.05) is 28.0 Å². The Hall–Kier alpha value is -2.65. The van der Waals surface area contributed by atoms with Gasteiger partial charge in [-0.05, 0) is 24.3 Å². The first-order chi connectivity index (χ1) is 12.7. The first kappa shape index (κ1) is 19.1. The van der Waals surface area contributed by atoms with Gasteiger partial charge < -0.3 is 15.2 Å². The Morgan fingerprint density at radius 2 is 2.04 bits per heavy atom. The molecule has 2 atom stereocenters. The number of alkyl halides is 3. The van der Waals surface area contributed by atoms with Gasteiger partial charge in [-0.25, -0.2) is 0 Å². The van der Waals surface area contributed by atoms with Crippen LogP contribution in [0.2, 0.25) is 5.02 Å². The molecule has 1 aliphatic rings. The Kier molecular flexibility index (Phi) is 5.07. The maximum Gasteiger partial charge on any atom is 0.433 e. The van der Waals surface area contributed by atoms with Crippen LogP contribution >= 0.6 is 11.6 Å². The van der Waals surface area contributed by atoms with E-state index in [4.69, 9.17) is 21.4 Å². The van der Waals surface area contributed by atoms with Crippen LogP contribution in [0.4, 0.5) is 18.9 Å². The van der Waals surface area contributed by atoms with Gasteiger partial charge in [0.1, 0.15) is 12.2 Å². The molecule has 1 aliphatic heterocycles. The van der Waals surface area contributed by atoms with Crippen LogP contribution in [0.25, 0.3) is 0 Å². The number of carbonyl (C=O) groups excluding carboxylic acids is 1. The minimum Gasteiger partial charge on any atom is -0.481 e. The zero-order chi connectivity index (χ0) is 19.8. The van der Waals surface area contributed by atoms with E-state index in [1.165, 1.54) is 30.3 Å². The van der Waals surface area contributed by atoms with Crippen molar-refractivity contribution in [1.82, 2.24) is 4.98 Å². The summed E-state index contributed by atoms with van der Waals surface area (Å²) in [5.41, 5.74) is -1.19. The number of nitrogens with one attached hydrogen (secondary N) is 1. The number of anilines is 1. The fourth-order valence-electron chi connectivity index (χ4n) is 2.78. The highest BCUT2D eigenvalue weighted by Gasteiger charge is 2.40. The van der Waals surface area contributed by atoms with Crippen LogP contribution in [0.15, 0.2) is 36.5 Å². The number of hydrogen-bond donors (Lipinski definition) is 2. The summed E-state index contributed by atoms with van der Waals surface area (Å²) in [5.74, 6) is -2.11. The fraction of sp³-hybridized carbons (Fsp3) is 0.235. The number of carboxylic acid groups (broad SMARTS) is 1. The monoisotopic (exact) mass is 400 g/mol. The number of ether oxygens (including phenoxy) is 1. The van der Waals surface area contributed by atoms with E-state index < -0.39 is 42.4 Å². The van der Waals surface area contributed by atoms with Crippen molar-refractivity contribution in [3.05, 3.63) is 58.4 Å². The van der Waals surface area contributed by atoms with Gasteiger partial charge in [0.2, 0.25) is 0 Å². The third kappa shape index (κ3) is 4.04. The van der Waals surface area contributed by atoms with Crippen LogP contribution in [-0.2, 0) is 20.5 Å². The van der Waals surface area contributed by atoms with Crippen molar-refractivity contribution >= 4 is 29.2 Å². The minimum atomic E-state index is -4.77. The molecule has 27 heavy (non-hydrogen) atoms. The van der Waals surface area contributed by atoms with Crippen molar-refractivity contribution in [3.63, 3.8) is 0 Å². The second kappa shape index (κ2) is 7.16. The van der Waals surface area contributed by atoms with Crippen LogP contribution < -0.4 is 5.32 Å². The highest BCUT2D eigenvalue weighted by atomic mass is 35.5. The van der Waals surface area contributed by atoms with Crippen molar-refractivity contribution in [3.8, 4) is 0 Å². The molecule has 0 spiro atoms. The summed E-state index contributed by atoms with van der Waals surface area (Å²) in [4.78, 5) is 26.7. The number of fused-ring (bicyclic) bond motifs is 1. The number of carboxylic acids is 1. The average Bonchev–Trinajstić information content (AvgIpc) is 2.71. The first-order valence-electron chi connectivity index (χ1n) is 7.66. The Balaban J connectivity index is 2.18. The molecule has 0 bridgehead atoms. The van der Waals surface area contributed by atoms with E-state index in [9.17, 15) is 22.8 Å². The number of nitrogens with zero attached hydrogens (tertiary/aromatic N) is 1. The van der Waals surface area contributed by atoms with Gasteiger partial charge in [0.05, 0.1) is 6.42 Å². The summed E-state index contributed by atoms with van der Waals surface area (Å²) < 4.78 is 45.8. The van der Waals surface area contributed by atoms with Gasteiger partial charge in [-0.3, -0.25) is 14.6 Å². The van der Waals surface area contributed by atoms with Crippen molar-refractivity contribution in [2.75, 3.05) is 5.32 Å². The summed E-state index contributed by atoms with van der Waals surface area (Å²) >= 11 is 5.97. The largest absolute Gasteiger partial charge is 0.481 e. The topological polar surface area (TPSA) is 88.5 Å². The Morgan fingerprint density at radius 1 is 1.30 bits per heavy atom. The van der Waals surface area contributed by atoms with E-state index in [0.717, 1.165) is 6.20 Å². The number of aromatic nitrogens is 1. The molecule has 6 nitrogen and oxygen atoms in total. The lowest BCUT2D eigenvalue weighted by molar-refractivity contribution is -0.148. The second-order valence-electron chi connectivity index (χ2n) is 5.76. The normalized spacial score (nSPS) is 19.8. The van der Waals surface area contributed by atoms with Crippen molar-refractivity contribution in [2.24, 2.45) is 0 Å². The average molecular weight is 401 g/mol. The predicted molar refractivity (Wildman–Crippen MR) is 88.3 cm³/mol. The highest BCUT2D eigenvalue weighted by molar-refractivity contribution is 6.30. The molecule has 2 N–H and O–H groups in total. The smallest absolute Gasteiger partial charge is 0.433 e. The number of halogens is 4. The quantitative estimate of drug-likeness (QED) is 0.821. The number of hydrogen-bond acceptors (Lipinski definition) is 4. The SMILES string of the molecule is O=C(O)CC1OC(c2cccnc2C(F)(F)F)c2cc(Cl)ccc2NC1=O. The summed E-state index contributed by atoms with van der Waals surface area (Å²) in [6, 6.07) is 6.68. The molecule has 1 aromatic carbocycles. The van der Waals surface area contributed by atoms with Gasteiger partial charge in [-0.2, -0.15) is 13.2 Å². The number of benzene rings is 1. The zero-order valence-corrected chi connectivity index (χ0v) is 14.2. The van der Waals surface area contributed by atoms with Crippen LogP contribution in [0.1, 0.15) is 29.3 Å². The van der Waals surface area contributed by atoms with Gasteiger partial charge in [-0.1, -0.05) is 17.7 Å². The summed E-state index contributed by atoms with van der Waals surface area (Å²) in [5, 5.41) is 11.7. The van der Waals surface area contributed by atoms with Gasteiger partial charge in [0.25, 0.3) is 5.91 Å². The highest BCUT2D eigenvalue weighted by Crippen LogP contribution is 2.41. The van der Waals surface area contributed by atoms with Crippen molar-refractivity contribution in [1.29, 1.82) is 0 Å². The van der Waals surface area contributed by atoms with E-state index in [0.29, 0.717) is 0 Å². The predicted octanol–water partition coefficient (Wildman–Crippen LogP) is 3.66. The van der Waals surface area contributed by atoms with Crippen LogP contribution in [0.5, 0.6) is 0 Å². The lowest BCUT2D eigenvalue weighted by Crippen LogP contribution is -2.32. The van der Waals surface area contributed by atoms with E-state index in [1.807, 2.05) is 0 Å². The standard InChI is InChI=1S/C17H12ClF3N2O4/c18-8-3-4-11-10(6-8)14(27-12(7-13(24)25)16(26)23-11)9-2-1-5-22-15(9)17(19,20)21/h1-6,12,14H,7H2,(H,23,26)(H,24,25). The fourth-order valence-corrected chi connectivity index (χ4v) is 2.96. The molecule has 0 saturated carbocycles. The molecular formula is C17H12ClF3N2O4. The van der Waals surface area contributed by atoms with E-state index in [2.05, 4.69) is 10.3 Å². The summed E-state index contributed by atoms with van der Waals surface area (Å²) in [6.45, 7) is 0. The third-order valence-electron chi connectivity index (χ3n) is 3.90. The van der Waals surface area contributed by atoms with Crippen LogP contribution in [0, 0.1) is 0 Å². The number of carbonyl (C=O) groups is 2. The molecule has 1 amide bonds. The van der Waals surface area contributed by atoms with E-state index in [1.54, 1.807) is 0 Å². The molecule has 2 heterocycles. The van der Waals surface area contributed by atoms with Crippen molar-refractivity contribution in [2.45, 2.75) is 24.8 Å². The lowest BCUT2D eigenvalue weighted by atomic mass is 9.98. The summed E-state index contributed by atoms with van der Waals surface area (Å²) in [6.07, 6.45) is -7.40. The number of rotatable bonds is 3. The van der Waals surface area contributed by atoms with Gasteiger partial charge in [-0.15, -0.1) is 0 Å². The van der Waals surface area contributed by atoms with E-state index >= 15 is 0 Å². The Labute approximate surface area is 155 Å². The third-order valence-corrected chi connectivity index (χ3v) is 4.13. The van der Waals surface area contributed by atoms with Gasteiger partial charge >= 0.3 is 12.1 Å². The maximum atomic E-state index is 13.4. The molecule has 0 fully saturated rings. The molecule has 3 rings (SSSR count). The van der Waals surface area contributed by atoms with Gasteiger partial charge in [0.15, 0.2) is 5.69 Å². The number of pyridine rings is 1. The Bertz CT molecular complexity index is 904. The van der Waals surface area contributed by atoms with Crippen LogP contribution in [0.3, 0.4) is 0 Å². The van der Waals surface area contributed by atoms with E-state index in [-0.39, 0.29) is 21.8 Å². The second-order valence-corrected chi connectivity index (χ2v) is 6.20. The molecule has 0 aliphatic carbocycles. The minimum absolute atomic E-state index is 0.169. The molecule has 0 radical (unpaired) electrons. The molecule has 1 aromatic heterocycles. The molecule has 2 unspecified atom stereocenters. The lowest BCUT2D eigenvalue weighted by Gasteiger charge is -2.23. The molecule has 0 saturated heterocycles. The molecule has 10 heteroatoms. The Morgan fingerprint density at radius 3 is 2.70 bits per heavy atom. The number of aliphatic carboxylic acids is 1. The van der Waals surface area contributed by atoms with Crippen LogP contribution in [-0.4, -0.2) is 28.1 Å². The molecular weight excluding hydrogens is 389 g/mol. The zero-order valence-electron chi connectivity index (χ0n) is 13.5. The number of amides is 1.